The summed E-state index contributed by atoms with van der Waals surface area (Å²) >= 11 is 0. The van der Waals surface area contributed by atoms with Gasteiger partial charge in [-0.05, 0) is 11.6 Å². The van der Waals surface area contributed by atoms with Gasteiger partial charge in [0.25, 0.3) is 5.91 Å². The molecule has 1 amide bonds. The Bertz CT molecular complexity index is 518. The van der Waals surface area contributed by atoms with Crippen LogP contribution in [0, 0.1) is 0 Å². The maximum absolute atomic E-state index is 12.9. The first-order chi connectivity index (χ1) is 8.48. The van der Waals surface area contributed by atoms with E-state index in [2.05, 4.69) is 10.6 Å². The molecule has 0 spiro atoms. The quantitative estimate of drug-likeness (QED) is 0.767. The molecule has 2 atom stereocenters. The highest BCUT2D eigenvalue weighted by molar-refractivity contribution is 5.99. The van der Waals surface area contributed by atoms with E-state index in [-0.39, 0.29) is 29.9 Å². The fraction of sp³-hybridized carbons (Fsp3) is 0.417. The summed E-state index contributed by atoms with van der Waals surface area (Å²) in [4.78, 5) is 11.9. The van der Waals surface area contributed by atoms with E-state index in [1.54, 1.807) is 6.07 Å². The van der Waals surface area contributed by atoms with Crippen molar-refractivity contribution in [3.63, 3.8) is 0 Å². The van der Waals surface area contributed by atoms with Crippen LogP contribution in [-0.4, -0.2) is 25.0 Å². The lowest BCUT2D eigenvalue weighted by molar-refractivity contribution is -0.138. The molecule has 2 heterocycles. The van der Waals surface area contributed by atoms with Gasteiger partial charge in [-0.1, -0.05) is 12.1 Å². The van der Waals surface area contributed by atoms with Crippen LogP contribution in [0.2, 0.25) is 0 Å². The minimum Gasteiger partial charge on any atom is -0.347 e. The van der Waals surface area contributed by atoms with Crippen LogP contribution in [0.1, 0.15) is 27.4 Å². The number of halogens is 4. The monoisotopic (exact) mass is 292 g/mol. The van der Waals surface area contributed by atoms with Crippen molar-refractivity contribution in [2.45, 2.75) is 18.1 Å². The lowest BCUT2D eigenvalue weighted by Crippen LogP contribution is -2.45. The van der Waals surface area contributed by atoms with Crippen LogP contribution in [0.3, 0.4) is 0 Å². The lowest BCUT2D eigenvalue weighted by atomic mass is 9.84. The summed E-state index contributed by atoms with van der Waals surface area (Å²) in [6.07, 6.45) is -4.50. The number of rotatable bonds is 0. The van der Waals surface area contributed by atoms with E-state index in [9.17, 15) is 18.0 Å². The molecule has 19 heavy (non-hydrogen) atoms. The zero-order valence-electron chi connectivity index (χ0n) is 9.75. The Morgan fingerprint density at radius 1 is 1.21 bits per heavy atom. The van der Waals surface area contributed by atoms with Gasteiger partial charge in [-0.3, -0.25) is 4.79 Å². The molecule has 0 unspecified atom stereocenters. The van der Waals surface area contributed by atoms with Crippen LogP contribution in [0.4, 0.5) is 13.2 Å². The second-order valence-corrected chi connectivity index (χ2v) is 4.61. The largest absolute Gasteiger partial charge is 0.417 e. The molecule has 1 aromatic rings. The molecule has 2 aliphatic rings. The van der Waals surface area contributed by atoms with Gasteiger partial charge in [-0.25, -0.2) is 0 Å². The van der Waals surface area contributed by atoms with E-state index in [0.717, 1.165) is 6.07 Å². The molecular formula is C12H12ClF3N2O. The van der Waals surface area contributed by atoms with E-state index >= 15 is 0 Å². The third-order valence-electron chi connectivity index (χ3n) is 3.56. The first-order valence-corrected chi connectivity index (χ1v) is 5.70. The Balaban J connectivity index is 0.00000133. The molecule has 0 aliphatic carbocycles. The summed E-state index contributed by atoms with van der Waals surface area (Å²) in [7, 11) is 0. The maximum atomic E-state index is 12.9. The Kier molecular flexibility index (Phi) is 3.49. The number of carbonyl (C=O) groups is 1. The first kappa shape index (κ1) is 14.1. The number of amides is 1. The van der Waals surface area contributed by atoms with E-state index in [4.69, 9.17) is 0 Å². The van der Waals surface area contributed by atoms with Crippen molar-refractivity contribution in [2.75, 3.05) is 13.1 Å². The average molecular weight is 293 g/mol. The number of hydrogen-bond acceptors (Lipinski definition) is 2. The molecule has 1 fully saturated rings. The van der Waals surface area contributed by atoms with Crippen molar-refractivity contribution >= 4 is 18.3 Å². The topological polar surface area (TPSA) is 41.1 Å². The summed E-state index contributed by atoms with van der Waals surface area (Å²) in [6, 6.07) is 3.85. The number of alkyl halides is 3. The van der Waals surface area contributed by atoms with E-state index in [1.807, 2.05) is 0 Å². The fourth-order valence-corrected chi connectivity index (χ4v) is 2.77. The van der Waals surface area contributed by atoms with Gasteiger partial charge >= 0.3 is 6.18 Å². The number of benzene rings is 1. The Morgan fingerprint density at radius 3 is 2.63 bits per heavy atom. The molecule has 1 aromatic carbocycles. The summed E-state index contributed by atoms with van der Waals surface area (Å²) < 4.78 is 38.7. The molecule has 0 saturated carbocycles. The summed E-state index contributed by atoms with van der Waals surface area (Å²) in [5.74, 6) is -0.692. The van der Waals surface area contributed by atoms with Crippen LogP contribution in [0.15, 0.2) is 18.2 Å². The molecule has 2 aliphatic heterocycles. The van der Waals surface area contributed by atoms with E-state index in [0.29, 0.717) is 18.7 Å². The number of fused-ring (bicyclic) bond motifs is 3. The molecule has 7 heteroatoms. The Morgan fingerprint density at radius 2 is 1.95 bits per heavy atom. The van der Waals surface area contributed by atoms with Gasteiger partial charge in [0.1, 0.15) is 0 Å². The number of carbonyl (C=O) groups excluding carboxylic acids is 1. The predicted octanol–water partition coefficient (Wildman–Crippen LogP) is 1.93. The molecule has 104 valence electrons. The number of hydrogen-bond donors (Lipinski definition) is 2. The van der Waals surface area contributed by atoms with E-state index < -0.39 is 17.6 Å². The van der Waals surface area contributed by atoms with Crippen molar-refractivity contribution in [3.05, 3.63) is 34.9 Å². The Hall–Kier alpha value is -1.27. The molecular weight excluding hydrogens is 281 g/mol. The Labute approximate surface area is 114 Å². The highest BCUT2D eigenvalue weighted by Crippen LogP contribution is 2.38. The zero-order valence-corrected chi connectivity index (χ0v) is 10.6. The van der Waals surface area contributed by atoms with Gasteiger partial charge in [0.2, 0.25) is 0 Å². The third kappa shape index (κ3) is 2.19. The van der Waals surface area contributed by atoms with Crippen LogP contribution in [0.5, 0.6) is 0 Å². The highest BCUT2D eigenvalue weighted by atomic mass is 35.5. The normalized spacial score (nSPS) is 25.1. The maximum Gasteiger partial charge on any atom is 0.417 e. The van der Waals surface area contributed by atoms with Crippen molar-refractivity contribution in [1.82, 2.24) is 10.6 Å². The lowest BCUT2D eigenvalue weighted by Gasteiger charge is -2.29. The summed E-state index contributed by atoms with van der Waals surface area (Å²) in [6.45, 7) is 1.20. The molecule has 1 saturated heterocycles. The minimum absolute atomic E-state index is 0. The van der Waals surface area contributed by atoms with Gasteiger partial charge in [0.15, 0.2) is 0 Å². The van der Waals surface area contributed by atoms with Gasteiger partial charge < -0.3 is 10.6 Å². The first-order valence-electron chi connectivity index (χ1n) is 5.70. The molecule has 0 bridgehead atoms. The molecule has 3 rings (SSSR count). The third-order valence-corrected chi connectivity index (χ3v) is 3.56. The predicted molar refractivity (Wildman–Crippen MR) is 65.6 cm³/mol. The van der Waals surface area contributed by atoms with Gasteiger partial charge in [-0.15, -0.1) is 12.4 Å². The standard InChI is InChI=1S/C12H11F3N2O.ClH/c13-12(14,15)8-3-1-2-6-7-4-16-5-9(7)17-11(18)10(6)8;/h1-3,7,9,16H,4-5H2,(H,17,18);1H/t7-,9+;/m0./s1. The van der Waals surface area contributed by atoms with Gasteiger partial charge in [-0.2, -0.15) is 13.2 Å². The van der Waals surface area contributed by atoms with Crippen LogP contribution in [-0.2, 0) is 6.18 Å². The van der Waals surface area contributed by atoms with Crippen molar-refractivity contribution < 1.29 is 18.0 Å². The van der Waals surface area contributed by atoms with Gasteiger partial charge in [0, 0.05) is 25.0 Å². The summed E-state index contributed by atoms with van der Waals surface area (Å²) in [5.41, 5.74) is -0.554. The highest BCUT2D eigenvalue weighted by Gasteiger charge is 2.43. The number of nitrogens with one attached hydrogen (secondary N) is 2. The van der Waals surface area contributed by atoms with Crippen molar-refractivity contribution in [3.8, 4) is 0 Å². The molecule has 2 N–H and O–H groups in total. The van der Waals surface area contributed by atoms with E-state index in [1.165, 1.54) is 6.07 Å². The second-order valence-electron chi connectivity index (χ2n) is 4.61. The molecule has 0 radical (unpaired) electrons. The molecule has 3 nitrogen and oxygen atoms in total. The molecule has 0 aromatic heterocycles. The smallest absolute Gasteiger partial charge is 0.347 e. The summed E-state index contributed by atoms with van der Waals surface area (Å²) in [5, 5.41) is 5.73. The average Bonchev–Trinajstić information content (AvgIpc) is 2.75. The van der Waals surface area contributed by atoms with Crippen LogP contribution < -0.4 is 10.6 Å². The van der Waals surface area contributed by atoms with Crippen LogP contribution in [0.25, 0.3) is 0 Å². The van der Waals surface area contributed by atoms with Crippen molar-refractivity contribution in [1.29, 1.82) is 0 Å². The zero-order chi connectivity index (χ0) is 12.9. The van der Waals surface area contributed by atoms with Crippen LogP contribution >= 0.6 is 12.4 Å². The SMILES string of the molecule is Cl.O=C1N[C@@H]2CNC[C@H]2c2cccc(C(F)(F)F)c21. The second kappa shape index (κ2) is 4.68. The minimum atomic E-state index is -4.50. The van der Waals surface area contributed by atoms with Gasteiger partial charge in [0.05, 0.1) is 11.1 Å². The fourth-order valence-electron chi connectivity index (χ4n) is 2.77. The van der Waals surface area contributed by atoms with Crippen molar-refractivity contribution in [2.24, 2.45) is 0 Å².